The maximum Gasteiger partial charge on any atom is 0.135 e. The van der Waals surface area contributed by atoms with Gasteiger partial charge in [-0.3, -0.25) is 0 Å². The topological polar surface area (TPSA) is 32.5 Å². The summed E-state index contributed by atoms with van der Waals surface area (Å²) >= 11 is 4.85. The second-order valence-corrected chi connectivity index (χ2v) is 5.84. The number of nitrogens with two attached hydrogens (primary N) is 1. The van der Waals surface area contributed by atoms with Gasteiger partial charge in [0.1, 0.15) is 10.8 Å². The number of hydrogen-bond acceptors (Lipinski definition) is 3. The van der Waals surface area contributed by atoms with Gasteiger partial charge in [-0.25, -0.2) is 4.39 Å². The minimum absolute atomic E-state index is 0.108. The SMILES string of the molecule is CCC1CN(C)CCCN1c1ccc(C(N)=S)c(F)c1. The van der Waals surface area contributed by atoms with Gasteiger partial charge in [0.15, 0.2) is 0 Å². The van der Waals surface area contributed by atoms with E-state index in [4.69, 9.17) is 18.0 Å². The van der Waals surface area contributed by atoms with E-state index in [1.807, 2.05) is 6.07 Å². The molecule has 110 valence electrons. The zero-order valence-electron chi connectivity index (χ0n) is 12.1. The van der Waals surface area contributed by atoms with E-state index in [2.05, 4.69) is 23.8 Å². The minimum atomic E-state index is -0.331. The molecule has 0 radical (unpaired) electrons. The summed E-state index contributed by atoms with van der Waals surface area (Å²) in [6.45, 7) is 5.22. The maximum atomic E-state index is 14.1. The van der Waals surface area contributed by atoms with Gasteiger partial charge in [0.25, 0.3) is 0 Å². The second-order valence-electron chi connectivity index (χ2n) is 5.40. The summed E-state index contributed by atoms with van der Waals surface area (Å²) < 4.78 is 14.1. The fourth-order valence-electron chi connectivity index (χ4n) is 2.82. The molecule has 1 heterocycles. The zero-order chi connectivity index (χ0) is 14.7. The van der Waals surface area contributed by atoms with Crippen LogP contribution in [0.4, 0.5) is 10.1 Å². The molecule has 0 amide bonds. The van der Waals surface area contributed by atoms with Crippen LogP contribution >= 0.6 is 12.2 Å². The number of hydrogen-bond donors (Lipinski definition) is 1. The molecule has 0 bridgehead atoms. The molecule has 5 heteroatoms. The van der Waals surface area contributed by atoms with Crippen molar-refractivity contribution < 1.29 is 4.39 Å². The Balaban J connectivity index is 2.28. The molecule has 1 saturated heterocycles. The Bertz CT molecular complexity index is 492. The lowest BCUT2D eigenvalue weighted by atomic mass is 10.1. The van der Waals surface area contributed by atoms with Gasteiger partial charge in [0.05, 0.1) is 0 Å². The predicted octanol–water partition coefficient (Wildman–Crippen LogP) is 2.38. The molecular weight excluding hydrogens is 273 g/mol. The van der Waals surface area contributed by atoms with Crippen LogP contribution in [0.25, 0.3) is 0 Å². The molecule has 20 heavy (non-hydrogen) atoms. The normalized spacial score (nSPS) is 20.8. The summed E-state index contributed by atoms with van der Waals surface area (Å²) in [5.41, 5.74) is 6.75. The number of nitrogens with zero attached hydrogens (tertiary/aromatic N) is 2. The molecule has 1 aromatic carbocycles. The molecule has 2 rings (SSSR count). The summed E-state index contributed by atoms with van der Waals surface area (Å²) in [4.78, 5) is 4.75. The van der Waals surface area contributed by atoms with Gasteiger partial charge in [-0.05, 0) is 44.6 Å². The quantitative estimate of drug-likeness (QED) is 0.868. The lowest BCUT2D eigenvalue weighted by molar-refractivity contribution is 0.328. The van der Waals surface area contributed by atoms with Crippen LogP contribution in [0.15, 0.2) is 18.2 Å². The number of thiocarbonyl (C=S) groups is 1. The van der Waals surface area contributed by atoms with E-state index >= 15 is 0 Å². The van der Waals surface area contributed by atoms with E-state index in [1.165, 1.54) is 0 Å². The first-order chi connectivity index (χ1) is 9.52. The third-order valence-electron chi connectivity index (χ3n) is 3.92. The molecule has 1 aliphatic rings. The van der Waals surface area contributed by atoms with Gasteiger partial charge in [-0.1, -0.05) is 19.1 Å². The van der Waals surface area contributed by atoms with E-state index in [0.717, 1.165) is 38.2 Å². The standard InChI is InChI=1S/C15H22FN3S/c1-3-11-10-18(2)7-4-8-19(11)12-5-6-13(15(17)20)14(16)9-12/h5-6,9,11H,3-4,7-8,10H2,1-2H3,(H2,17,20). The lowest BCUT2D eigenvalue weighted by Crippen LogP contribution is -2.39. The highest BCUT2D eigenvalue weighted by Gasteiger charge is 2.23. The average molecular weight is 295 g/mol. The van der Waals surface area contributed by atoms with E-state index in [9.17, 15) is 4.39 Å². The Labute approximate surface area is 125 Å². The monoisotopic (exact) mass is 295 g/mol. The third-order valence-corrected chi connectivity index (χ3v) is 4.14. The highest BCUT2D eigenvalue weighted by atomic mass is 32.1. The van der Waals surface area contributed by atoms with Crippen molar-refractivity contribution in [2.24, 2.45) is 5.73 Å². The molecule has 3 nitrogen and oxygen atoms in total. The van der Waals surface area contributed by atoms with Crippen LogP contribution in [0, 0.1) is 5.82 Å². The van der Waals surface area contributed by atoms with E-state index in [0.29, 0.717) is 11.6 Å². The Morgan fingerprint density at radius 3 is 2.80 bits per heavy atom. The fraction of sp³-hybridized carbons (Fsp3) is 0.533. The number of anilines is 1. The molecule has 1 aliphatic heterocycles. The van der Waals surface area contributed by atoms with Crippen molar-refractivity contribution in [2.45, 2.75) is 25.8 Å². The first-order valence-electron chi connectivity index (χ1n) is 7.07. The van der Waals surface area contributed by atoms with Gasteiger partial charge in [-0.15, -0.1) is 0 Å². The second kappa shape index (κ2) is 6.50. The Kier molecular flexibility index (Phi) is 4.94. The van der Waals surface area contributed by atoms with Gasteiger partial charge in [-0.2, -0.15) is 0 Å². The average Bonchev–Trinajstić information content (AvgIpc) is 2.59. The van der Waals surface area contributed by atoms with Crippen molar-refractivity contribution in [3.63, 3.8) is 0 Å². The molecular formula is C15H22FN3S. The predicted molar refractivity (Wildman–Crippen MR) is 85.8 cm³/mol. The van der Waals surface area contributed by atoms with Crippen molar-refractivity contribution in [3.05, 3.63) is 29.6 Å². The van der Waals surface area contributed by atoms with E-state index < -0.39 is 0 Å². The van der Waals surface area contributed by atoms with Crippen LogP contribution in [0.2, 0.25) is 0 Å². The summed E-state index contributed by atoms with van der Waals surface area (Å²) in [6, 6.07) is 5.58. The minimum Gasteiger partial charge on any atom is -0.389 e. The Hall–Kier alpha value is -1.20. The lowest BCUT2D eigenvalue weighted by Gasteiger charge is -2.32. The van der Waals surface area contributed by atoms with Crippen molar-refractivity contribution in [1.82, 2.24) is 4.90 Å². The van der Waals surface area contributed by atoms with Crippen LogP contribution in [-0.4, -0.2) is 42.6 Å². The smallest absolute Gasteiger partial charge is 0.135 e. The Morgan fingerprint density at radius 2 is 2.20 bits per heavy atom. The van der Waals surface area contributed by atoms with Crippen molar-refractivity contribution in [3.8, 4) is 0 Å². The molecule has 1 atom stereocenters. The first-order valence-corrected chi connectivity index (χ1v) is 7.48. The Morgan fingerprint density at radius 1 is 1.45 bits per heavy atom. The molecule has 1 aromatic rings. The molecule has 0 aromatic heterocycles. The first kappa shape index (κ1) is 15.2. The number of halogens is 1. The molecule has 0 saturated carbocycles. The maximum absolute atomic E-state index is 14.1. The third kappa shape index (κ3) is 3.27. The van der Waals surface area contributed by atoms with Gasteiger partial charge < -0.3 is 15.5 Å². The number of rotatable bonds is 3. The summed E-state index contributed by atoms with van der Waals surface area (Å²) in [7, 11) is 2.14. The molecule has 0 aliphatic carbocycles. The van der Waals surface area contributed by atoms with Crippen LogP contribution in [-0.2, 0) is 0 Å². The molecule has 2 N–H and O–H groups in total. The highest BCUT2D eigenvalue weighted by Crippen LogP contribution is 2.24. The molecule has 1 unspecified atom stereocenters. The van der Waals surface area contributed by atoms with Crippen LogP contribution in [0.3, 0.4) is 0 Å². The van der Waals surface area contributed by atoms with E-state index in [-0.39, 0.29) is 10.8 Å². The van der Waals surface area contributed by atoms with Gasteiger partial charge in [0.2, 0.25) is 0 Å². The fourth-order valence-corrected chi connectivity index (χ4v) is 2.98. The van der Waals surface area contributed by atoms with Crippen molar-refractivity contribution in [1.29, 1.82) is 0 Å². The van der Waals surface area contributed by atoms with Crippen LogP contribution in [0.5, 0.6) is 0 Å². The van der Waals surface area contributed by atoms with Crippen LogP contribution in [0.1, 0.15) is 25.3 Å². The van der Waals surface area contributed by atoms with Crippen LogP contribution < -0.4 is 10.6 Å². The summed E-state index contributed by atoms with van der Waals surface area (Å²) in [5, 5.41) is 0. The van der Waals surface area contributed by atoms with Crippen molar-refractivity contribution >= 4 is 22.9 Å². The molecule has 1 fully saturated rings. The van der Waals surface area contributed by atoms with Gasteiger partial charge in [0, 0.05) is 30.4 Å². The zero-order valence-corrected chi connectivity index (χ0v) is 12.9. The summed E-state index contributed by atoms with van der Waals surface area (Å²) in [5.74, 6) is -0.331. The highest BCUT2D eigenvalue weighted by molar-refractivity contribution is 7.80. The van der Waals surface area contributed by atoms with Crippen molar-refractivity contribution in [2.75, 3.05) is 31.6 Å². The molecule has 0 spiro atoms. The number of likely N-dealkylation sites (N-methyl/N-ethyl adjacent to an activating group) is 1. The van der Waals surface area contributed by atoms with E-state index in [1.54, 1.807) is 12.1 Å². The number of benzene rings is 1. The summed E-state index contributed by atoms with van der Waals surface area (Å²) in [6.07, 6.45) is 2.13. The van der Waals surface area contributed by atoms with Gasteiger partial charge >= 0.3 is 0 Å². The largest absolute Gasteiger partial charge is 0.389 e.